The zero-order valence-corrected chi connectivity index (χ0v) is 20.9. The Bertz CT molecular complexity index is 1050. The molecule has 5 heteroatoms. The fourth-order valence-corrected chi connectivity index (χ4v) is 5.76. The normalized spacial score (nSPS) is 19.1. The average molecular weight is 461 g/mol. The van der Waals surface area contributed by atoms with Crippen LogP contribution in [0.3, 0.4) is 0 Å². The van der Waals surface area contributed by atoms with Crippen molar-refractivity contribution < 1.29 is 13.2 Å². The Morgan fingerprint density at radius 2 is 1.77 bits per heavy atom. The van der Waals surface area contributed by atoms with Crippen molar-refractivity contribution in [2.24, 2.45) is 5.41 Å². The van der Waals surface area contributed by atoms with Gasteiger partial charge in [0.05, 0.1) is 4.90 Å². The quantitative estimate of drug-likeness (QED) is 0.323. The van der Waals surface area contributed by atoms with E-state index in [1.165, 1.54) is 41.8 Å². The van der Waals surface area contributed by atoms with Crippen LogP contribution >= 0.6 is 11.6 Å². The molecule has 0 saturated heterocycles. The van der Waals surface area contributed by atoms with Crippen LogP contribution in [0.1, 0.15) is 60.8 Å². The molecule has 3 nitrogen and oxygen atoms in total. The molecule has 31 heavy (non-hydrogen) atoms. The molecular weight excluding hydrogens is 428 g/mol. The lowest BCUT2D eigenvalue weighted by Gasteiger charge is -2.33. The Balaban J connectivity index is 2.49. The van der Waals surface area contributed by atoms with Crippen molar-refractivity contribution in [2.75, 3.05) is 0 Å². The molecule has 0 radical (unpaired) electrons. The van der Waals surface area contributed by atoms with E-state index in [4.69, 9.17) is 11.6 Å². The van der Waals surface area contributed by atoms with E-state index in [-0.39, 0.29) is 10.3 Å². The van der Waals surface area contributed by atoms with E-state index in [1.807, 2.05) is 13.0 Å². The predicted molar refractivity (Wildman–Crippen MR) is 130 cm³/mol. The summed E-state index contributed by atoms with van der Waals surface area (Å²) in [6.45, 7) is 11.8. The molecule has 0 aromatic heterocycles. The molecule has 0 N–H and O–H groups in total. The Morgan fingerprint density at radius 1 is 1.16 bits per heavy atom. The maximum atomic E-state index is 13.3. The molecule has 1 unspecified atom stereocenters. The van der Waals surface area contributed by atoms with Crippen LogP contribution in [0.4, 0.5) is 0 Å². The van der Waals surface area contributed by atoms with Gasteiger partial charge in [0.2, 0.25) is 0 Å². The van der Waals surface area contributed by atoms with Gasteiger partial charge in [0.25, 0.3) is 0 Å². The number of benzene rings is 1. The van der Waals surface area contributed by atoms with Gasteiger partial charge in [0.15, 0.2) is 15.6 Å². The van der Waals surface area contributed by atoms with Crippen molar-refractivity contribution in [2.45, 2.75) is 71.0 Å². The first-order valence-electron chi connectivity index (χ1n) is 10.6. The van der Waals surface area contributed by atoms with Gasteiger partial charge in [-0.3, -0.25) is 4.79 Å². The Morgan fingerprint density at radius 3 is 2.32 bits per heavy atom. The largest absolute Gasteiger partial charge is 0.293 e. The number of ketones is 1. The van der Waals surface area contributed by atoms with E-state index in [2.05, 4.69) is 26.8 Å². The van der Waals surface area contributed by atoms with Crippen LogP contribution in [0.2, 0.25) is 5.02 Å². The molecule has 1 aliphatic rings. The fraction of sp³-hybridized carbons (Fsp3) is 0.423. The summed E-state index contributed by atoms with van der Waals surface area (Å²) in [5, 5.41) is -0.844. The van der Waals surface area contributed by atoms with Gasteiger partial charge in [-0.05, 0) is 87.8 Å². The lowest BCUT2D eigenvalue weighted by Crippen LogP contribution is -2.29. The number of carbonyl (C=O) groups excluding carboxylic acids is 1. The second-order valence-electron chi connectivity index (χ2n) is 8.93. The first-order valence-corrected chi connectivity index (χ1v) is 12.6. The molecule has 0 heterocycles. The SMILES string of the molecule is CC=C(C)C(=O)C(C=C(C)C=CC1=C(C)CCCC1(C)C)S(=O)(=O)c1ccc(Cl)cc1. The molecule has 2 rings (SSSR count). The highest BCUT2D eigenvalue weighted by Gasteiger charge is 2.33. The molecule has 0 bridgehead atoms. The monoisotopic (exact) mass is 460 g/mol. The maximum absolute atomic E-state index is 13.3. The number of allylic oxidation sites excluding steroid dienone is 7. The number of hydrogen-bond donors (Lipinski definition) is 0. The highest BCUT2D eigenvalue weighted by Crippen LogP contribution is 2.40. The highest BCUT2D eigenvalue weighted by atomic mass is 35.5. The van der Waals surface area contributed by atoms with E-state index in [1.54, 1.807) is 26.0 Å². The molecule has 0 amide bonds. The molecule has 1 aromatic rings. The Kier molecular flexibility index (Phi) is 8.29. The topological polar surface area (TPSA) is 51.2 Å². The molecule has 0 spiro atoms. The summed E-state index contributed by atoms with van der Waals surface area (Å²) in [5.74, 6) is -0.418. The number of rotatable bonds is 7. The van der Waals surface area contributed by atoms with Gasteiger partial charge in [0, 0.05) is 5.02 Å². The molecule has 0 aliphatic heterocycles. The number of hydrogen-bond acceptors (Lipinski definition) is 3. The van der Waals surface area contributed by atoms with E-state index < -0.39 is 20.9 Å². The maximum Gasteiger partial charge on any atom is 0.192 e. The van der Waals surface area contributed by atoms with Crippen LogP contribution in [-0.4, -0.2) is 19.5 Å². The lowest BCUT2D eigenvalue weighted by atomic mass is 9.72. The van der Waals surface area contributed by atoms with E-state index in [0.29, 0.717) is 10.6 Å². The number of sulfone groups is 1. The third kappa shape index (κ3) is 6.08. The smallest absolute Gasteiger partial charge is 0.192 e. The highest BCUT2D eigenvalue weighted by molar-refractivity contribution is 7.93. The summed E-state index contributed by atoms with van der Waals surface area (Å²) in [6, 6.07) is 5.94. The molecule has 0 fully saturated rings. The molecule has 1 atom stereocenters. The van der Waals surface area contributed by atoms with Gasteiger partial charge in [0.1, 0.15) is 5.25 Å². The van der Waals surface area contributed by atoms with Gasteiger partial charge in [-0.1, -0.05) is 60.9 Å². The van der Waals surface area contributed by atoms with Crippen LogP contribution in [0.25, 0.3) is 0 Å². The van der Waals surface area contributed by atoms with Gasteiger partial charge < -0.3 is 0 Å². The molecule has 0 saturated carbocycles. The number of Topliss-reactive ketones (excluding diaryl/α,β-unsaturated/α-hetero) is 1. The second kappa shape index (κ2) is 10.1. The summed E-state index contributed by atoms with van der Waals surface area (Å²) in [5.41, 5.74) is 3.90. The third-order valence-corrected chi connectivity index (χ3v) is 8.23. The van der Waals surface area contributed by atoms with Gasteiger partial charge in [-0.15, -0.1) is 0 Å². The van der Waals surface area contributed by atoms with E-state index in [0.717, 1.165) is 18.4 Å². The van der Waals surface area contributed by atoms with Crippen molar-refractivity contribution in [1.82, 2.24) is 0 Å². The van der Waals surface area contributed by atoms with Crippen LogP contribution in [0, 0.1) is 5.41 Å². The van der Waals surface area contributed by atoms with Crippen LogP contribution in [0.5, 0.6) is 0 Å². The summed E-state index contributed by atoms with van der Waals surface area (Å²) < 4.78 is 26.7. The van der Waals surface area contributed by atoms with Crippen LogP contribution in [0.15, 0.2) is 75.8 Å². The molecular formula is C26H33ClO3S. The van der Waals surface area contributed by atoms with Crippen molar-refractivity contribution >= 4 is 27.2 Å². The standard InChI is InChI=1S/C26H33ClO3S/c1-7-19(3)25(28)24(31(29,30)22-13-11-21(27)12-14-22)17-18(2)10-15-23-20(4)9-8-16-26(23,5)6/h7,10-15,17,24H,8-9,16H2,1-6H3. The number of carbonyl (C=O) groups is 1. The Hall–Kier alpha value is -1.91. The first kappa shape index (κ1) is 25.4. The van der Waals surface area contributed by atoms with Gasteiger partial charge in [-0.2, -0.15) is 0 Å². The molecule has 1 aliphatic carbocycles. The zero-order valence-electron chi connectivity index (χ0n) is 19.3. The summed E-state index contributed by atoms with van der Waals surface area (Å²) in [4.78, 5) is 13.1. The molecule has 1 aromatic carbocycles. The van der Waals surface area contributed by atoms with Crippen molar-refractivity contribution in [3.8, 4) is 0 Å². The first-order chi connectivity index (χ1) is 14.4. The Labute approximate surface area is 192 Å². The van der Waals surface area contributed by atoms with Crippen molar-refractivity contribution in [1.29, 1.82) is 0 Å². The number of halogens is 1. The van der Waals surface area contributed by atoms with Crippen molar-refractivity contribution in [3.63, 3.8) is 0 Å². The van der Waals surface area contributed by atoms with Crippen LogP contribution in [-0.2, 0) is 14.6 Å². The predicted octanol–water partition coefficient (Wildman–Crippen LogP) is 7.05. The average Bonchev–Trinajstić information content (AvgIpc) is 2.70. The minimum atomic E-state index is -3.92. The van der Waals surface area contributed by atoms with E-state index in [9.17, 15) is 13.2 Å². The fourth-order valence-electron chi connectivity index (χ4n) is 3.96. The van der Waals surface area contributed by atoms with Gasteiger partial charge >= 0.3 is 0 Å². The summed E-state index contributed by atoms with van der Waals surface area (Å²) in [6.07, 6.45) is 10.6. The van der Waals surface area contributed by atoms with Gasteiger partial charge in [-0.25, -0.2) is 8.42 Å². The van der Waals surface area contributed by atoms with Crippen molar-refractivity contribution in [3.05, 3.63) is 75.9 Å². The minimum Gasteiger partial charge on any atom is -0.293 e. The van der Waals surface area contributed by atoms with Crippen LogP contribution < -0.4 is 0 Å². The minimum absolute atomic E-state index is 0.0825. The van der Waals surface area contributed by atoms with E-state index >= 15 is 0 Å². The lowest BCUT2D eigenvalue weighted by molar-refractivity contribution is -0.114. The molecule has 168 valence electrons. The summed E-state index contributed by atoms with van der Waals surface area (Å²) in [7, 11) is -3.92. The zero-order chi connectivity index (χ0) is 23.4. The third-order valence-electron chi connectivity index (χ3n) is 6.03. The second-order valence-corrected chi connectivity index (χ2v) is 11.4. The summed E-state index contributed by atoms with van der Waals surface area (Å²) >= 11 is 5.91.